The summed E-state index contributed by atoms with van der Waals surface area (Å²) in [6.45, 7) is 0. The van der Waals surface area contributed by atoms with Crippen molar-refractivity contribution in [3.05, 3.63) is 0 Å². The van der Waals surface area contributed by atoms with Crippen LogP contribution in [-0.4, -0.2) is 22.2 Å². The normalized spacial score (nSPS) is 37.4. The van der Waals surface area contributed by atoms with E-state index in [9.17, 15) is 4.79 Å². The Balaban J connectivity index is 2.64. The average Bonchev–Trinajstić information content (AvgIpc) is 1.85. The van der Waals surface area contributed by atoms with Crippen LogP contribution in [0, 0.1) is 0 Å². The number of rotatable bonds is 0. The number of nitrogens with one attached hydrogen (secondary N) is 1. The van der Waals surface area contributed by atoms with E-state index in [1.54, 1.807) is 0 Å². The molecule has 1 heterocycles. The number of carbonyl (C=O) groups is 1. The van der Waals surface area contributed by atoms with E-state index in [0.29, 0.717) is 5.75 Å². The van der Waals surface area contributed by atoms with Crippen LogP contribution < -0.4 is 5.32 Å². The molecule has 0 aromatic rings. The molecule has 4 heteroatoms. The van der Waals surface area contributed by atoms with E-state index >= 15 is 0 Å². The summed E-state index contributed by atoms with van der Waals surface area (Å²) in [4.78, 5) is 10.5. The first-order chi connectivity index (χ1) is 3.70. The summed E-state index contributed by atoms with van der Waals surface area (Å²) in [5.74, 6) is 4.36. The first-order valence-corrected chi connectivity index (χ1v) is 4.31. The van der Waals surface area contributed by atoms with Gasteiger partial charge in [0.1, 0.15) is 4.71 Å². The summed E-state index contributed by atoms with van der Waals surface area (Å²) in [5, 5.41) is 2.64. The second kappa shape index (κ2) is 2.11. The minimum absolute atomic E-state index is 0.00231. The molecule has 1 fully saturated rings. The second-order valence-electron chi connectivity index (χ2n) is 1.60. The van der Waals surface area contributed by atoms with Crippen LogP contribution in [0.1, 0.15) is 0 Å². The van der Waals surface area contributed by atoms with Gasteiger partial charge in [0.15, 0.2) is 0 Å². The zero-order chi connectivity index (χ0) is 6.15. The maximum atomic E-state index is 10.5. The second-order valence-corrected chi connectivity index (χ2v) is 4.30. The molecular weight excluding hydrogens is 142 g/mol. The van der Waals surface area contributed by atoms with Crippen molar-refractivity contribution >= 4 is 34.9 Å². The molecule has 0 radical (unpaired) electrons. The number of thiol groups is 1. The molecule has 0 aromatic heterocycles. The summed E-state index contributed by atoms with van der Waals surface area (Å²) >= 11 is 4.06. The first-order valence-electron chi connectivity index (χ1n) is 2.17. The molecule has 0 aliphatic carbocycles. The Labute approximate surface area is 56.0 Å². The predicted molar refractivity (Wildman–Crippen MR) is 40.5 cm³/mol. The van der Waals surface area contributed by atoms with Gasteiger partial charge in [-0.15, -0.1) is 12.6 Å². The van der Waals surface area contributed by atoms with Crippen LogP contribution in [0.4, 0.5) is 0 Å². The molecule has 1 amide bonds. The van der Waals surface area contributed by atoms with Gasteiger partial charge in [0.25, 0.3) is 0 Å². The molecule has 0 spiro atoms. The Morgan fingerprint density at radius 1 is 2.00 bits per heavy atom. The van der Waals surface area contributed by atoms with E-state index < -0.39 is 0 Å². The van der Waals surface area contributed by atoms with Gasteiger partial charge in [0, 0.05) is 0 Å². The third-order valence-electron chi connectivity index (χ3n) is 0.917. The van der Waals surface area contributed by atoms with Crippen molar-refractivity contribution in [3.8, 4) is 0 Å². The van der Waals surface area contributed by atoms with Crippen molar-refractivity contribution in [2.75, 3.05) is 5.75 Å². The van der Waals surface area contributed by atoms with Gasteiger partial charge in [-0.2, -0.15) is 10.5 Å². The van der Waals surface area contributed by atoms with Gasteiger partial charge in [0.2, 0.25) is 5.91 Å². The molecule has 2 unspecified atom stereocenters. The maximum absolute atomic E-state index is 10.5. The van der Waals surface area contributed by atoms with Gasteiger partial charge >= 0.3 is 0 Å². The molecule has 1 rings (SSSR count). The van der Waals surface area contributed by atoms with Gasteiger partial charge in [-0.25, -0.2) is 0 Å². The monoisotopic (exact) mass is 149 g/mol. The summed E-state index contributed by atoms with van der Waals surface area (Å²) < 4.78 is 0.00231. The van der Waals surface area contributed by atoms with E-state index in [1.165, 1.54) is 0 Å². The van der Waals surface area contributed by atoms with Crippen molar-refractivity contribution in [1.29, 1.82) is 0 Å². The molecule has 1 aliphatic rings. The fourth-order valence-corrected chi connectivity index (χ4v) is 1.75. The molecule has 1 saturated heterocycles. The zero-order valence-electron chi connectivity index (χ0n) is 4.26. The van der Waals surface area contributed by atoms with Gasteiger partial charge in [-0.05, 0) is 0 Å². The summed E-state index contributed by atoms with van der Waals surface area (Å²) in [7, 11) is -0.0941. The smallest absolute Gasteiger partial charge is 0.231 e. The molecule has 8 heavy (non-hydrogen) atoms. The Bertz CT molecular complexity index is 145. The molecule has 46 valence electrons. The van der Waals surface area contributed by atoms with Crippen molar-refractivity contribution < 1.29 is 4.79 Å². The zero-order valence-corrected chi connectivity index (χ0v) is 5.97. The van der Waals surface area contributed by atoms with Gasteiger partial charge in [-0.1, -0.05) is 5.87 Å². The number of hydrogen-bond donors (Lipinski definition) is 2. The third-order valence-corrected chi connectivity index (χ3v) is 3.32. The Hall–Kier alpha value is 0.0400. The van der Waals surface area contributed by atoms with E-state index in [1.807, 2.05) is 0 Å². The Morgan fingerprint density at radius 3 is 2.75 bits per heavy atom. The lowest BCUT2D eigenvalue weighted by molar-refractivity contribution is -0.117. The standard InChI is InChI=1S/C4H7NOS2/c1-8-2-3(6)5-4(8)7/h4,7H,1-2H2,(H,5,6). The van der Waals surface area contributed by atoms with E-state index in [2.05, 4.69) is 23.8 Å². The van der Waals surface area contributed by atoms with Crippen LogP contribution in [0.3, 0.4) is 0 Å². The highest BCUT2D eigenvalue weighted by Gasteiger charge is 2.19. The van der Waals surface area contributed by atoms with Crippen molar-refractivity contribution in [2.24, 2.45) is 0 Å². The Morgan fingerprint density at radius 2 is 2.62 bits per heavy atom. The molecule has 0 bridgehead atoms. The summed E-state index contributed by atoms with van der Waals surface area (Å²) in [6, 6.07) is 0. The lowest BCUT2D eigenvalue weighted by Gasteiger charge is -1.99. The van der Waals surface area contributed by atoms with Crippen LogP contribution in [0.5, 0.6) is 0 Å². The lowest BCUT2D eigenvalue weighted by atomic mass is 10.7. The third kappa shape index (κ3) is 1.06. The molecular formula is C4H7NOS2. The number of hydrogen-bond acceptors (Lipinski definition) is 2. The van der Waals surface area contributed by atoms with Crippen LogP contribution in [0.15, 0.2) is 0 Å². The van der Waals surface area contributed by atoms with E-state index in [4.69, 9.17) is 0 Å². The van der Waals surface area contributed by atoms with Crippen molar-refractivity contribution in [3.63, 3.8) is 0 Å². The van der Waals surface area contributed by atoms with Crippen LogP contribution in [-0.2, 0) is 4.79 Å². The van der Waals surface area contributed by atoms with Crippen molar-refractivity contribution in [2.45, 2.75) is 4.71 Å². The molecule has 0 saturated carbocycles. The van der Waals surface area contributed by atoms with E-state index in [-0.39, 0.29) is 21.1 Å². The van der Waals surface area contributed by atoms with Crippen LogP contribution >= 0.6 is 23.1 Å². The highest BCUT2D eigenvalue weighted by atomic mass is 32.2. The molecule has 1 N–H and O–H groups in total. The molecule has 2 nitrogen and oxygen atoms in total. The highest BCUT2D eigenvalue weighted by Crippen LogP contribution is 2.23. The number of carbonyl (C=O) groups excluding carboxylic acids is 1. The molecule has 0 aromatic carbocycles. The summed E-state index contributed by atoms with van der Waals surface area (Å²) in [5.41, 5.74) is 0. The van der Waals surface area contributed by atoms with Crippen LogP contribution in [0.25, 0.3) is 0 Å². The summed E-state index contributed by atoms with van der Waals surface area (Å²) in [6.07, 6.45) is 0. The Kier molecular flexibility index (Phi) is 1.62. The topological polar surface area (TPSA) is 29.1 Å². The fraction of sp³-hybridized carbons (Fsp3) is 0.500. The SMILES string of the molecule is C=S1CC(=O)NC1S. The van der Waals surface area contributed by atoms with E-state index in [0.717, 1.165) is 0 Å². The largest absolute Gasteiger partial charge is 0.335 e. The average molecular weight is 149 g/mol. The minimum atomic E-state index is -0.0941. The predicted octanol–water partition coefficient (Wildman–Crippen LogP) is 0.0305. The number of amides is 1. The maximum Gasteiger partial charge on any atom is 0.231 e. The highest BCUT2D eigenvalue weighted by molar-refractivity contribution is 8.22. The van der Waals surface area contributed by atoms with Crippen molar-refractivity contribution in [1.82, 2.24) is 5.32 Å². The van der Waals surface area contributed by atoms with Gasteiger partial charge in [0.05, 0.1) is 5.75 Å². The molecule has 1 aliphatic heterocycles. The fourth-order valence-electron chi connectivity index (χ4n) is 0.510. The van der Waals surface area contributed by atoms with Gasteiger partial charge < -0.3 is 5.32 Å². The quantitative estimate of drug-likeness (QED) is 0.369. The van der Waals surface area contributed by atoms with Gasteiger partial charge in [-0.3, -0.25) is 4.79 Å². The lowest BCUT2D eigenvalue weighted by Crippen LogP contribution is -2.20. The molecule has 2 atom stereocenters. The first kappa shape index (κ1) is 6.16. The minimum Gasteiger partial charge on any atom is -0.335 e. The van der Waals surface area contributed by atoms with Crippen LogP contribution in [0.2, 0.25) is 0 Å².